The summed E-state index contributed by atoms with van der Waals surface area (Å²) in [6.07, 6.45) is 0. The molecule has 0 radical (unpaired) electrons. The van der Waals surface area contributed by atoms with Gasteiger partial charge in [-0.1, -0.05) is 24.3 Å². The van der Waals surface area contributed by atoms with Gasteiger partial charge in [0.15, 0.2) is 8.68 Å². The lowest BCUT2D eigenvalue weighted by atomic mass is 10.3. The number of hydrogen-bond donors (Lipinski definition) is 0. The van der Waals surface area contributed by atoms with E-state index in [4.69, 9.17) is 0 Å². The minimum absolute atomic E-state index is 0. The lowest BCUT2D eigenvalue weighted by molar-refractivity contribution is 1.31. The molecular formula is C14H10N2S5. The van der Waals surface area contributed by atoms with Crippen molar-refractivity contribution in [3.8, 4) is 0 Å². The highest BCUT2D eigenvalue weighted by Crippen LogP contribution is 2.43. The summed E-state index contributed by atoms with van der Waals surface area (Å²) in [5, 5.41) is 0. The van der Waals surface area contributed by atoms with Crippen LogP contribution < -0.4 is 0 Å². The van der Waals surface area contributed by atoms with E-state index in [-0.39, 0.29) is 13.5 Å². The van der Waals surface area contributed by atoms with E-state index in [1.807, 2.05) is 12.1 Å². The second-order valence-electron chi connectivity index (χ2n) is 4.06. The zero-order valence-electron chi connectivity index (χ0n) is 10.6. The number of thiazole rings is 2. The predicted molar refractivity (Wildman–Crippen MR) is 101 cm³/mol. The van der Waals surface area contributed by atoms with E-state index in [9.17, 15) is 0 Å². The molecule has 0 aliphatic carbocycles. The number of benzene rings is 2. The lowest BCUT2D eigenvalue weighted by Gasteiger charge is -1.90. The number of aromatic nitrogens is 2. The molecule has 2 heterocycles. The van der Waals surface area contributed by atoms with Crippen LogP contribution in [0.1, 0.15) is 0 Å². The van der Waals surface area contributed by atoms with E-state index < -0.39 is 0 Å². The Bertz CT molecular complexity index is 743. The van der Waals surface area contributed by atoms with E-state index in [1.54, 1.807) is 44.3 Å². The van der Waals surface area contributed by atoms with Crippen LogP contribution in [-0.4, -0.2) is 9.97 Å². The molecule has 0 atom stereocenters. The molecule has 0 aliphatic rings. The highest BCUT2D eigenvalue weighted by molar-refractivity contribution is 8.77. The zero-order valence-corrected chi connectivity index (χ0v) is 14.9. The van der Waals surface area contributed by atoms with Gasteiger partial charge in [-0.25, -0.2) is 9.97 Å². The van der Waals surface area contributed by atoms with Crippen LogP contribution in [0.25, 0.3) is 20.4 Å². The third kappa shape index (κ3) is 3.22. The average molecular weight is 367 g/mol. The molecule has 0 N–H and O–H groups in total. The monoisotopic (exact) mass is 366 g/mol. The van der Waals surface area contributed by atoms with E-state index >= 15 is 0 Å². The Labute approximate surface area is 144 Å². The molecule has 0 unspecified atom stereocenters. The van der Waals surface area contributed by atoms with Crippen LogP contribution in [0.3, 0.4) is 0 Å². The third-order valence-corrected chi connectivity index (χ3v) is 7.78. The van der Waals surface area contributed by atoms with Crippen LogP contribution in [0.4, 0.5) is 0 Å². The molecule has 0 saturated carbocycles. The minimum Gasteiger partial charge on any atom is -0.229 e. The van der Waals surface area contributed by atoms with Crippen LogP contribution in [0.2, 0.25) is 0 Å². The van der Waals surface area contributed by atoms with Crippen LogP contribution in [0, 0.1) is 0 Å². The molecule has 21 heavy (non-hydrogen) atoms. The van der Waals surface area contributed by atoms with Crippen molar-refractivity contribution < 1.29 is 0 Å². The van der Waals surface area contributed by atoms with Crippen molar-refractivity contribution >= 4 is 78.2 Å². The molecule has 0 fully saturated rings. The van der Waals surface area contributed by atoms with Crippen molar-refractivity contribution in [2.45, 2.75) is 8.68 Å². The summed E-state index contributed by atoms with van der Waals surface area (Å²) in [4.78, 5) is 9.24. The van der Waals surface area contributed by atoms with Crippen LogP contribution in [-0.2, 0) is 0 Å². The molecule has 4 rings (SSSR count). The molecule has 0 saturated heterocycles. The summed E-state index contributed by atoms with van der Waals surface area (Å²) in [5.74, 6) is 0. The van der Waals surface area contributed by atoms with Gasteiger partial charge >= 0.3 is 0 Å². The molecule has 2 nitrogen and oxygen atoms in total. The first-order valence-corrected chi connectivity index (χ1v) is 9.72. The number of para-hydroxylation sites is 2. The van der Waals surface area contributed by atoms with E-state index in [1.165, 1.54) is 9.40 Å². The summed E-state index contributed by atoms with van der Waals surface area (Å²) >= 11 is 3.46. The fraction of sp³-hybridized carbons (Fsp3) is 0. The van der Waals surface area contributed by atoms with Gasteiger partial charge in [-0.15, -0.1) is 22.7 Å². The van der Waals surface area contributed by atoms with Crippen molar-refractivity contribution in [1.29, 1.82) is 0 Å². The first-order valence-electron chi connectivity index (χ1n) is 5.94. The van der Waals surface area contributed by atoms with Crippen molar-refractivity contribution in [3.05, 3.63) is 48.5 Å². The SMILES string of the molecule is S.c1ccc2sc(SSc3nc4ccccc4s3)nc2c1. The highest BCUT2D eigenvalue weighted by atomic mass is 33.1. The summed E-state index contributed by atoms with van der Waals surface area (Å²) in [5.41, 5.74) is 2.15. The van der Waals surface area contributed by atoms with E-state index in [0.717, 1.165) is 19.7 Å². The second-order valence-corrected chi connectivity index (χ2v) is 8.75. The van der Waals surface area contributed by atoms with Gasteiger partial charge in [0.05, 0.1) is 20.4 Å². The van der Waals surface area contributed by atoms with Crippen LogP contribution >= 0.6 is 57.8 Å². The Kier molecular flexibility index (Phi) is 4.75. The second kappa shape index (κ2) is 6.58. The molecule has 0 amide bonds. The largest absolute Gasteiger partial charge is 0.229 e. The van der Waals surface area contributed by atoms with Gasteiger partial charge in [0, 0.05) is 0 Å². The first kappa shape index (κ1) is 15.2. The highest BCUT2D eigenvalue weighted by Gasteiger charge is 2.08. The third-order valence-electron chi connectivity index (χ3n) is 2.73. The average Bonchev–Trinajstić information content (AvgIpc) is 3.07. The number of fused-ring (bicyclic) bond motifs is 2. The van der Waals surface area contributed by atoms with Crippen LogP contribution in [0.5, 0.6) is 0 Å². The topological polar surface area (TPSA) is 25.8 Å². The Morgan fingerprint density at radius 2 is 1.10 bits per heavy atom. The fourth-order valence-electron chi connectivity index (χ4n) is 1.84. The quantitative estimate of drug-likeness (QED) is 0.427. The molecule has 7 heteroatoms. The maximum Gasteiger partial charge on any atom is 0.162 e. The van der Waals surface area contributed by atoms with Gasteiger partial charge in [0.1, 0.15) is 0 Å². The van der Waals surface area contributed by atoms with E-state index in [2.05, 4.69) is 46.4 Å². The van der Waals surface area contributed by atoms with E-state index in [0.29, 0.717) is 0 Å². The normalized spacial score (nSPS) is 10.9. The van der Waals surface area contributed by atoms with Crippen molar-refractivity contribution in [2.24, 2.45) is 0 Å². The number of rotatable bonds is 3. The maximum absolute atomic E-state index is 4.62. The number of hydrogen-bond acceptors (Lipinski definition) is 6. The van der Waals surface area contributed by atoms with Gasteiger partial charge in [-0.3, -0.25) is 0 Å². The minimum atomic E-state index is 0. The molecule has 2 aromatic carbocycles. The summed E-state index contributed by atoms with van der Waals surface area (Å²) in [6.45, 7) is 0. The van der Waals surface area contributed by atoms with Gasteiger partial charge in [0.2, 0.25) is 0 Å². The van der Waals surface area contributed by atoms with Gasteiger partial charge in [-0.2, -0.15) is 13.5 Å². The Balaban J connectivity index is 0.00000132. The van der Waals surface area contributed by atoms with Gasteiger partial charge in [0.25, 0.3) is 0 Å². The van der Waals surface area contributed by atoms with Crippen molar-refractivity contribution in [3.63, 3.8) is 0 Å². The first-order chi connectivity index (χ1) is 9.88. The van der Waals surface area contributed by atoms with Gasteiger partial charge < -0.3 is 0 Å². The maximum atomic E-state index is 4.62. The summed E-state index contributed by atoms with van der Waals surface area (Å²) in [6, 6.07) is 16.5. The van der Waals surface area contributed by atoms with Gasteiger partial charge in [-0.05, 0) is 45.9 Å². The molecule has 2 aromatic heterocycles. The summed E-state index contributed by atoms with van der Waals surface area (Å²) < 4.78 is 4.63. The standard InChI is InChI=1S/C14H8N2S4.H2S/c1-3-7-11-9(5-1)15-13(17-11)19-20-14-16-10-6-2-4-8-12(10)18-14;/h1-8H;1H2. The molecule has 0 aliphatic heterocycles. The molecular weight excluding hydrogens is 357 g/mol. The van der Waals surface area contributed by atoms with Crippen LogP contribution in [0.15, 0.2) is 57.2 Å². The Morgan fingerprint density at radius 3 is 1.52 bits per heavy atom. The smallest absolute Gasteiger partial charge is 0.162 e. The fourth-order valence-corrected chi connectivity index (χ4v) is 6.34. The lowest BCUT2D eigenvalue weighted by Crippen LogP contribution is -1.67. The zero-order chi connectivity index (χ0) is 13.4. The van der Waals surface area contributed by atoms with Crippen molar-refractivity contribution in [2.75, 3.05) is 0 Å². The molecule has 0 spiro atoms. The number of nitrogens with zero attached hydrogens (tertiary/aromatic N) is 2. The van der Waals surface area contributed by atoms with Crippen molar-refractivity contribution in [1.82, 2.24) is 9.97 Å². The molecule has 4 aromatic rings. The Morgan fingerprint density at radius 1 is 0.667 bits per heavy atom. The predicted octanol–water partition coefficient (Wildman–Crippen LogP) is 5.82. The Hall–Kier alpha value is -0.730. The molecule has 0 bridgehead atoms. The molecule has 106 valence electrons. The summed E-state index contributed by atoms with van der Waals surface area (Å²) in [7, 11) is 3.37.